The summed E-state index contributed by atoms with van der Waals surface area (Å²) in [6, 6.07) is 3.94. The number of benzene rings is 1. The number of hydrogen-bond donors (Lipinski definition) is 3. The molecule has 0 amide bonds. The molecule has 0 heterocycles. The zero-order valence-electron chi connectivity index (χ0n) is 8.17. The number of phenolic OH excluding ortho intramolecular Hbond substituents is 1. The van der Waals surface area contributed by atoms with Gasteiger partial charge in [0.1, 0.15) is 6.10 Å². The summed E-state index contributed by atoms with van der Waals surface area (Å²) in [7, 11) is 1.35. The highest BCUT2D eigenvalue weighted by atomic mass is 16.5. The third-order valence-corrected chi connectivity index (χ3v) is 1.94. The molecule has 0 aromatic heterocycles. The van der Waals surface area contributed by atoms with Crippen LogP contribution in [0.3, 0.4) is 0 Å². The Morgan fingerprint density at radius 3 is 2.73 bits per heavy atom. The molecule has 5 heteroatoms. The number of carbonyl (C=O) groups is 1. The fourth-order valence-electron chi connectivity index (χ4n) is 1.11. The Hall–Kier alpha value is -1.59. The molecule has 0 unspecified atom stereocenters. The van der Waals surface area contributed by atoms with Gasteiger partial charge in [0.2, 0.25) is 0 Å². The Bertz CT molecular complexity index is 361. The lowest BCUT2D eigenvalue weighted by Crippen LogP contribution is -2.24. The largest absolute Gasteiger partial charge is 0.504 e. The second-order valence-electron chi connectivity index (χ2n) is 2.95. The predicted octanol–water partition coefficient (Wildman–Crippen LogP) is -0.0633. The van der Waals surface area contributed by atoms with Crippen LogP contribution in [0.1, 0.15) is 10.4 Å². The summed E-state index contributed by atoms with van der Waals surface area (Å²) in [6.45, 7) is -0.637. The lowest BCUT2D eigenvalue weighted by molar-refractivity contribution is 0.0587. The lowest BCUT2D eigenvalue weighted by atomic mass is 10.1. The highest BCUT2D eigenvalue weighted by Crippen LogP contribution is 2.26. The number of aromatic hydroxyl groups is 1. The van der Waals surface area contributed by atoms with Gasteiger partial charge >= 0.3 is 0 Å². The van der Waals surface area contributed by atoms with Gasteiger partial charge in [0.05, 0.1) is 13.7 Å². The molecule has 3 N–H and O–H groups in total. The molecule has 0 saturated carbocycles. The van der Waals surface area contributed by atoms with E-state index in [9.17, 15) is 9.90 Å². The van der Waals surface area contributed by atoms with E-state index in [0.29, 0.717) is 0 Å². The standard InChI is InChI=1S/C10H12O5/c1-15-9-4-6(2-3-7(9)12)10(14)8(13)5-11/h2-4,8,11-13H,5H2,1H3/t8-/m0/s1. The van der Waals surface area contributed by atoms with Crippen molar-refractivity contribution in [1.29, 1.82) is 0 Å². The highest BCUT2D eigenvalue weighted by molar-refractivity contribution is 5.99. The van der Waals surface area contributed by atoms with Gasteiger partial charge in [0, 0.05) is 5.56 Å². The summed E-state index contributed by atoms with van der Waals surface area (Å²) >= 11 is 0. The zero-order valence-corrected chi connectivity index (χ0v) is 8.17. The van der Waals surface area contributed by atoms with Gasteiger partial charge in [-0.3, -0.25) is 4.79 Å². The van der Waals surface area contributed by atoms with Crippen LogP contribution < -0.4 is 4.74 Å². The molecule has 0 saturated heterocycles. The zero-order chi connectivity index (χ0) is 11.4. The SMILES string of the molecule is COc1cc(C(=O)[C@@H](O)CO)ccc1O. The molecule has 0 aliphatic heterocycles. The normalized spacial score (nSPS) is 12.2. The first-order valence-electron chi connectivity index (χ1n) is 4.30. The Labute approximate surface area is 86.5 Å². The van der Waals surface area contributed by atoms with Crippen molar-refractivity contribution >= 4 is 5.78 Å². The molecule has 0 aliphatic rings. The minimum Gasteiger partial charge on any atom is -0.504 e. The van der Waals surface area contributed by atoms with Crippen molar-refractivity contribution in [3.8, 4) is 11.5 Å². The van der Waals surface area contributed by atoms with Crippen molar-refractivity contribution in [3.63, 3.8) is 0 Å². The fraction of sp³-hybridized carbons (Fsp3) is 0.300. The second kappa shape index (κ2) is 4.77. The minimum absolute atomic E-state index is 0.0902. The van der Waals surface area contributed by atoms with E-state index in [0.717, 1.165) is 0 Å². The molecule has 0 bridgehead atoms. The van der Waals surface area contributed by atoms with Gasteiger partial charge in [-0.25, -0.2) is 0 Å². The number of rotatable bonds is 4. The van der Waals surface area contributed by atoms with Gasteiger partial charge < -0.3 is 20.1 Å². The van der Waals surface area contributed by atoms with Crippen LogP contribution in [-0.2, 0) is 0 Å². The van der Waals surface area contributed by atoms with Gasteiger partial charge in [-0.15, -0.1) is 0 Å². The van der Waals surface area contributed by atoms with Crippen LogP contribution in [0.25, 0.3) is 0 Å². The van der Waals surface area contributed by atoms with E-state index >= 15 is 0 Å². The third kappa shape index (κ3) is 2.45. The molecule has 82 valence electrons. The van der Waals surface area contributed by atoms with Crippen molar-refractivity contribution in [3.05, 3.63) is 23.8 Å². The van der Waals surface area contributed by atoms with E-state index in [1.165, 1.54) is 25.3 Å². The van der Waals surface area contributed by atoms with Gasteiger partial charge in [-0.2, -0.15) is 0 Å². The van der Waals surface area contributed by atoms with Gasteiger partial charge in [0.25, 0.3) is 0 Å². The Morgan fingerprint density at radius 1 is 1.53 bits per heavy atom. The second-order valence-corrected chi connectivity index (χ2v) is 2.95. The predicted molar refractivity (Wildman–Crippen MR) is 52.1 cm³/mol. The van der Waals surface area contributed by atoms with Crippen LogP contribution in [0.4, 0.5) is 0 Å². The number of aliphatic hydroxyl groups is 2. The Balaban J connectivity index is 3.01. The number of Topliss-reactive ketones (excluding diaryl/α,β-unsaturated/α-hetero) is 1. The number of phenols is 1. The molecule has 1 rings (SSSR count). The average molecular weight is 212 g/mol. The number of carbonyl (C=O) groups excluding carboxylic acids is 1. The highest BCUT2D eigenvalue weighted by Gasteiger charge is 2.17. The van der Waals surface area contributed by atoms with Gasteiger partial charge in [0.15, 0.2) is 17.3 Å². The molecule has 5 nitrogen and oxygen atoms in total. The lowest BCUT2D eigenvalue weighted by Gasteiger charge is -2.08. The molecule has 1 aromatic carbocycles. The first kappa shape index (κ1) is 11.5. The van der Waals surface area contributed by atoms with Crippen LogP contribution >= 0.6 is 0 Å². The molecule has 1 atom stereocenters. The molecule has 1 aromatic rings. The maximum absolute atomic E-state index is 11.4. The quantitative estimate of drug-likeness (QED) is 0.608. The number of ketones is 1. The summed E-state index contributed by atoms with van der Waals surface area (Å²) in [5.41, 5.74) is 0.172. The van der Waals surface area contributed by atoms with E-state index in [4.69, 9.17) is 14.9 Å². The number of ether oxygens (including phenoxy) is 1. The summed E-state index contributed by atoms with van der Waals surface area (Å²) in [5.74, 6) is -0.561. The molecule has 0 spiro atoms. The first-order valence-corrected chi connectivity index (χ1v) is 4.30. The van der Waals surface area contributed by atoms with Gasteiger partial charge in [-0.1, -0.05) is 0 Å². The maximum Gasteiger partial charge on any atom is 0.193 e. The number of hydrogen-bond acceptors (Lipinski definition) is 5. The number of methoxy groups -OCH3 is 1. The Morgan fingerprint density at radius 2 is 2.20 bits per heavy atom. The molecular weight excluding hydrogens is 200 g/mol. The molecule has 0 fully saturated rings. The molecular formula is C10H12O5. The van der Waals surface area contributed by atoms with Crippen molar-refractivity contribution in [1.82, 2.24) is 0 Å². The van der Waals surface area contributed by atoms with Crippen LogP contribution in [0, 0.1) is 0 Å². The van der Waals surface area contributed by atoms with Crippen molar-refractivity contribution in [2.45, 2.75) is 6.10 Å². The van der Waals surface area contributed by atoms with Crippen LogP contribution in [-0.4, -0.2) is 40.9 Å². The van der Waals surface area contributed by atoms with E-state index in [-0.39, 0.29) is 17.1 Å². The van der Waals surface area contributed by atoms with Crippen LogP contribution in [0.2, 0.25) is 0 Å². The molecule has 0 aliphatic carbocycles. The van der Waals surface area contributed by atoms with E-state index in [1.54, 1.807) is 0 Å². The van der Waals surface area contributed by atoms with Crippen molar-refractivity contribution in [2.24, 2.45) is 0 Å². The third-order valence-electron chi connectivity index (χ3n) is 1.94. The molecule has 0 radical (unpaired) electrons. The minimum atomic E-state index is -1.45. The van der Waals surface area contributed by atoms with Crippen LogP contribution in [0.15, 0.2) is 18.2 Å². The first-order chi connectivity index (χ1) is 7.10. The van der Waals surface area contributed by atoms with E-state index < -0.39 is 18.5 Å². The van der Waals surface area contributed by atoms with Gasteiger partial charge in [-0.05, 0) is 18.2 Å². The average Bonchev–Trinajstić information content (AvgIpc) is 2.27. The summed E-state index contributed by atoms with van der Waals surface area (Å²) in [4.78, 5) is 11.4. The topological polar surface area (TPSA) is 87.0 Å². The van der Waals surface area contributed by atoms with Crippen molar-refractivity contribution in [2.75, 3.05) is 13.7 Å². The van der Waals surface area contributed by atoms with E-state index in [1.807, 2.05) is 0 Å². The summed E-state index contributed by atoms with van der Waals surface area (Å²) in [5, 5.41) is 27.0. The Kier molecular flexibility index (Phi) is 3.65. The van der Waals surface area contributed by atoms with E-state index in [2.05, 4.69) is 0 Å². The smallest absolute Gasteiger partial charge is 0.193 e. The summed E-state index contributed by atoms with van der Waals surface area (Å²) in [6.07, 6.45) is -1.45. The van der Waals surface area contributed by atoms with Crippen LogP contribution in [0.5, 0.6) is 11.5 Å². The summed E-state index contributed by atoms with van der Waals surface area (Å²) < 4.78 is 4.80. The number of aliphatic hydroxyl groups excluding tert-OH is 2. The van der Waals surface area contributed by atoms with Crippen molar-refractivity contribution < 1.29 is 24.9 Å². The fourth-order valence-corrected chi connectivity index (χ4v) is 1.11. The molecule has 15 heavy (non-hydrogen) atoms. The monoisotopic (exact) mass is 212 g/mol. The maximum atomic E-state index is 11.4.